The molecule has 0 saturated carbocycles. The van der Waals surface area contributed by atoms with E-state index in [1.54, 1.807) is 19.2 Å². The highest BCUT2D eigenvalue weighted by atomic mass is 16.5. The average molecular weight is 252 g/mol. The van der Waals surface area contributed by atoms with Gasteiger partial charge >= 0.3 is 0 Å². The van der Waals surface area contributed by atoms with Crippen molar-refractivity contribution in [3.8, 4) is 0 Å². The van der Waals surface area contributed by atoms with E-state index in [9.17, 15) is 4.79 Å². The van der Waals surface area contributed by atoms with E-state index < -0.39 is 0 Å². The van der Waals surface area contributed by atoms with Crippen LogP contribution in [0.1, 0.15) is 30.8 Å². The summed E-state index contributed by atoms with van der Waals surface area (Å²) in [6.07, 6.45) is 0.780. The van der Waals surface area contributed by atoms with Crippen molar-refractivity contribution in [1.29, 1.82) is 0 Å². The quantitative estimate of drug-likeness (QED) is 0.710. The highest BCUT2D eigenvalue weighted by Crippen LogP contribution is 2.03. The fourth-order valence-corrected chi connectivity index (χ4v) is 1.34. The molecule has 0 fully saturated rings. The minimum atomic E-state index is -0.213. The molecule has 1 amide bonds. The lowest BCUT2D eigenvalue weighted by molar-refractivity contribution is 0.0942. The van der Waals surface area contributed by atoms with Gasteiger partial charge in [0.25, 0.3) is 5.91 Å². The first-order chi connectivity index (χ1) is 8.63. The molecule has 0 aliphatic heterocycles. The van der Waals surface area contributed by atoms with Crippen molar-refractivity contribution in [2.24, 2.45) is 0 Å². The predicted molar refractivity (Wildman–Crippen MR) is 69.6 cm³/mol. The van der Waals surface area contributed by atoms with Gasteiger partial charge in [0.1, 0.15) is 5.82 Å². The van der Waals surface area contributed by atoms with Crippen molar-refractivity contribution < 1.29 is 9.53 Å². The Bertz CT molecular complexity index is 365. The first-order valence-electron chi connectivity index (χ1n) is 6.01. The Morgan fingerprint density at radius 3 is 2.72 bits per heavy atom. The molecular formula is C12H20N4O2. The van der Waals surface area contributed by atoms with Crippen LogP contribution in [0.15, 0.2) is 12.1 Å². The van der Waals surface area contributed by atoms with E-state index in [4.69, 9.17) is 4.74 Å². The number of aromatic nitrogens is 2. The van der Waals surface area contributed by atoms with Gasteiger partial charge in [-0.05, 0) is 32.4 Å². The largest absolute Gasteiger partial charge is 0.385 e. The van der Waals surface area contributed by atoms with Gasteiger partial charge in [0, 0.05) is 26.3 Å². The van der Waals surface area contributed by atoms with Gasteiger partial charge in [-0.25, -0.2) is 0 Å². The van der Waals surface area contributed by atoms with Crippen LogP contribution in [0.3, 0.4) is 0 Å². The molecule has 1 heterocycles. The summed E-state index contributed by atoms with van der Waals surface area (Å²) in [5.74, 6) is 0.454. The number of carbonyl (C=O) groups excluding carboxylic acids is 1. The fraction of sp³-hybridized carbons (Fsp3) is 0.583. The number of hydrogen-bond donors (Lipinski definition) is 2. The van der Waals surface area contributed by atoms with Crippen molar-refractivity contribution in [3.63, 3.8) is 0 Å². The maximum absolute atomic E-state index is 11.7. The van der Waals surface area contributed by atoms with Gasteiger partial charge in [0.05, 0.1) is 0 Å². The van der Waals surface area contributed by atoms with Gasteiger partial charge in [-0.1, -0.05) is 0 Å². The second-order valence-electron chi connectivity index (χ2n) is 4.21. The first kappa shape index (κ1) is 14.4. The molecule has 1 aromatic rings. The van der Waals surface area contributed by atoms with Crippen LogP contribution in [0, 0.1) is 0 Å². The van der Waals surface area contributed by atoms with Gasteiger partial charge in [-0.3, -0.25) is 4.79 Å². The monoisotopic (exact) mass is 252 g/mol. The Kier molecular flexibility index (Phi) is 6.07. The average Bonchev–Trinajstić information content (AvgIpc) is 2.34. The second kappa shape index (κ2) is 7.60. The summed E-state index contributed by atoms with van der Waals surface area (Å²) in [6.45, 7) is 5.22. The number of amides is 1. The van der Waals surface area contributed by atoms with E-state index in [1.807, 2.05) is 13.8 Å². The zero-order chi connectivity index (χ0) is 13.4. The molecule has 0 aromatic carbocycles. The van der Waals surface area contributed by atoms with E-state index in [0.29, 0.717) is 24.7 Å². The molecule has 0 aliphatic carbocycles. The van der Waals surface area contributed by atoms with Gasteiger partial charge < -0.3 is 15.4 Å². The van der Waals surface area contributed by atoms with Crippen LogP contribution in [0.5, 0.6) is 0 Å². The first-order valence-corrected chi connectivity index (χ1v) is 6.01. The molecule has 100 valence electrons. The summed E-state index contributed by atoms with van der Waals surface area (Å²) in [5.41, 5.74) is 0.321. The number of carbonyl (C=O) groups is 1. The smallest absolute Gasteiger partial charge is 0.271 e. The van der Waals surface area contributed by atoms with Crippen LogP contribution in [0.2, 0.25) is 0 Å². The van der Waals surface area contributed by atoms with Crippen LogP contribution >= 0.6 is 0 Å². The molecule has 0 aliphatic rings. The van der Waals surface area contributed by atoms with Gasteiger partial charge in [-0.2, -0.15) is 0 Å². The molecule has 2 N–H and O–H groups in total. The zero-order valence-electron chi connectivity index (χ0n) is 11.1. The molecule has 1 aromatic heterocycles. The molecule has 0 bridgehead atoms. The number of anilines is 1. The van der Waals surface area contributed by atoms with Crippen molar-refractivity contribution in [2.75, 3.05) is 25.6 Å². The Balaban J connectivity index is 2.43. The standard InChI is InChI=1S/C12H20N4O2/c1-9(2)14-11-6-5-10(15-16-11)12(17)13-7-4-8-18-3/h5-6,9H,4,7-8H2,1-3H3,(H,13,17)(H,14,16). The van der Waals surface area contributed by atoms with E-state index >= 15 is 0 Å². The Morgan fingerprint density at radius 2 is 2.17 bits per heavy atom. The normalized spacial score (nSPS) is 10.4. The second-order valence-corrected chi connectivity index (χ2v) is 4.21. The van der Waals surface area contributed by atoms with Crippen LogP contribution in [-0.2, 0) is 4.74 Å². The number of nitrogens with zero attached hydrogens (tertiary/aromatic N) is 2. The number of rotatable bonds is 7. The summed E-state index contributed by atoms with van der Waals surface area (Å²) in [7, 11) is 1.63. The predicted octanol–water partition coefficient (Wildman–Crippen LogP) is 1.06. The van der Waals surface area contributed by atoms with Crippen LogP contribution < -0.4 is 10.6 Å². The van der Waals surface area contributed by atoms with Crippen molar-refractivity contribution in [3.05, 3.63) is 17.8 Å². The lowest BCUT2D eigenvalue weighted by Crippen LogP contribution is -2.26. The Morgan fingerprint density at radius 1 is 1.39 bits per heavy atom. The summed E-state index contributed by atoms with van der Waals surface area (Å²) < 4.78 is 4.89. The number of ether oxygens (including phenoxy) is 1. The molecular weight excluding hydrogens is 232 g/mol. The molecule has 18 heavy (non-hydrogen) atoms. The maximum atomic E-state index is 11.7. The summed E-state index contributed by atoms with van der Waals surface area (Å²) in [4.78, 5) is 11.7. The molecule has 1 rings (SSSR count). The molecule has 0 unspecified atom stereocenters. The molecule has 6 heteroatoms. The SMILES string of the molecule is COCCCNC(=O)c1ccc(NC(C)C)nn1. The van der Waals surface area contributed by atoms with Crippen molar-refractivity contribution in [1.82, 2.24) is 15.5 Å². The van der Waals surface area contributed by atoms with E-state index in [-0.39, 0.29) is 11.9 Å². The van der Waals surface area contributed by atoms with Crippen molar-refractivity contribution >= 4 is 11.7 Å². The molecule has 0 atom stereocenters. The van der Waals surface area contributed by atoms with Crippen LogP contribution in [0.4, 0.5) is 5.82 Å². The topological polar surface area (TPSA) is 76.1 Å². The van der Waals surface area contributed by atoms with E-state index in [1.165, 1.54) is 0 Å². The van der Waals surface area contributed by atoms with Gasteiger partial charge in [0.15, 0.2) is 5.69 Å². The van der Waals surface area contributed by atoms with Crippen LogP contribution in [-0.4, -0.2) is 42.4 Å². The summed E-state index contributed by atoms with van der Waals surface area (Å²) in [6, 6.07) is 3.69. The number of nitrogens with one attached hydrogen (secondary N) is 2. The number of methoxy groups -OCH3 is 1. The van der Waals surface area contributed by atoms with Crippen molar-refractivity contribution in [2.45, 2.75) is 26.3 Å². The minimum Gasteiger partial charge on any atom is -0.385 e. The van der Waals surface area contributed by atoms with Crippen LogP contribution in [0.25, 0.3) is 0 Å². The number of hydrogen-bond acceptors (Lipinski definition) is 5. The third kappa shape index (κ3) is 5.09. The highest BCUT2D eigenvalue weighted by Gasteiger charge is 2.07. The molecule has 0 saturated heterocycles. The fourth-order valence-electron chi connectivity index (χ4n) is 1.34. The summed E-state index contributed by atoms with van der Waals surface area (Å²) in [5, 5.41) is 13.7. The highest BCUT2D eigenvalue weighted by molar-refractivity contribution is 5.92. The minimum absolute atomic E-state index is 0.213. The maximum Gasteiger partial charge on any atom is 0.271 e. The van der Waals surface area contributed by atoms with Gasteiger partial charge in [0.2, 0.25) is 0 Å². The van der Waals surface area contributed by atoms with Gasteiger partial charge in [-0.15, -0.1) is 10.2 Å². The third-order valence-electron chi connectivity index (χ3n) is 2.14. The van der Waals surface area contributed by atoms with E-state index in [0.717, 1.165) is 6.42 Å². The molecule has 0 radical (unpaired) electrons. The molecule has 6 nitrogen and oxygen atoms in total. The Labute approximate surface area is 107 Å². The lowest BCUT2D eigenvalue weighted by atomic mass is 10.3. The summed E-state index contributed by atoms with van der Waals surface area (Å²) >= 11 is 0. The molecule has 0 spiro atoms. The Hall–Kier alpha value is -1.69. The zero-order valence-corrected chi connectivity index (χ0v) is 11.1. The third-order valence-corrected chi connectivity index (χ3v) is 2.14. The van der Waals surface area contributed by atoms with E-state index in [2.05, 4.69) is 20.8 Å². The lowest BCUT2D eigenvalue weighted by Gasteiger charge is -2.08.